The van der Waals surface area contributed by atoms with Gasteiger partial charge in [-0.25, -0.2) is 14.6 Å². The molecule has 4 heterocycles. The minimum atomic E-state index is -0.871. The van der Waals surface area contributed by atoms with Gasteiger partial charge in [0.1, 0.15) is 35.8 Å². The summed E-state index contributed by atoms with van der Waals surface area (Å²) < 4.78 is 16.4. The van der Waals surface area contributed by atoms with E-state index in [2.05, 4.69) is 62.5 Å². The number of nitrogens with two attached hydrogens (primary N) is 1. The van der Waals surface area contributed by atoms with Crippen LogP contribution in [-0.4, -0.2) is 115 Å². The molecule has 0 aliphatic carbocycles. The fourth-order valence-electron chi connectivity index (χ4n) is 8.63. The lowest BCUT2D eigenvalue weighted by atomic mass is 9.77. The van der Waals surface area contributed by atoms with Crippen LogP contribution in [0.1, 0.15) is 67.1 Å². The molecule has 0 bridgehead atoms. The molecule has 366 valence electrons. The SMILES string of the molecule is CC(C)(C)OC(=O)NCCCN=C(N)N1CCc2cc(OCCO/N=C(\C(=O)C[C@@H]3C(=O)N[C@@H]3CN3CCOC3=O)c3csc(NC(c4ccccc4)(c4ccccc4)c4ccccc4)n3)ccc2C1. The Balaban J connectivity index is 0.941. The number of nitrogens with one attached hydrogen (secondary N) is 3. The quantitative estimate of drug-likeness (QED) is 0.0165. The van der Waals surface area contributed by atoms with E-state index in [1.54, 1.807) is 5.38 Å². The number of oxime groups is 1. The highest BCUT2D eigenvalue weighted by Crippen LogP contribution is 2.41. The van der Waals surface area contributed by atoms with Gasteiger partial charge in [0.05, 0.1) is 18.5 Å². The molecule has 2 atom stereocenters. The van der Waals surface area contributed by atoms with E-state index in [0.717, 1.165) is 34.2 Å². The highest BCUT2D eigenvalue weighted by atomic mass is 32.1. The third kappa shape index (κ3) is 12.0. The molecule has 0 radical (unpaired) electrons. The van der Waals surface area contributed by atoms with Crippen molar-refractivity contribution in [2.45, 2.75) is 63.8 Å². The number of anilines is 1. The molecule has 18 heteroatoms. The zero-order valence-corrected chi connectivity index (χ0v) is 40.4. The second-order valence-electron chi connectivity index (χ2n) is 18.2. The van der Waals surface area contributed by atoms with Crippen molar-refractivity contribution in [2.24, 2.45) is 21.8 Å². The maximum Gasteiger partial charge on any atom is 0.410 e. The van der Waals surface area contributed by atoms with Crippen molar-refractivity contribution in [3.8, 4) is 5.75 Å². The average molecular weight is 970 g/mol. The van der Waals surface area contributed by atoms with Gasteiger partial charge < -0.3 is 50.5 Å². The van der Waals surface area contributed by atoms with Gasteiger partial charge in [0.25, 0.3) is 0 Å². The van der Waals surface area contributed by atoms with E-state index in [-0.39, 0.29) is 50.1 Å². The number of cyclic esters (lactones) is 1. The zero-order chi connectivity index (χ0) is 49.1. The average Bonchev–Trinajstić information content (AvgIpc) is 4.01. The number of guanidine groups is 1. The fraction of sp³-hybridized carbons (Fsp3) is 0.365. The number of amides is 3. The zero-order valence-electron chi connectivity index (χ0n) is 39.6. The van der Waals surface area contributed by atoms with Crippen LogP contribution >= 0.6 is 11.3 Å². The number of benzene rings is 4. The van der Waals surface area contributed by atoms with Gasteiger partial charge in [-0.1, -0.05) is 102 Å². The Hall–Kier alpha value is -7.47. The number of aliphatic imine (C=N–C) groups is 1. The predicted molar refractivity (Wildman–Crippen MR) is 267 cm³/mol. The Morgan fingerprint density at radius 2 is 1.60 bits per heavy atom. The van der Waals surface area contributed by atoms with Crippen molar-refractivity contribution in [1.82, 2.24) is 25.4 Å². The molecule has 3 aliphatic rings. The molecule has 1 aromatic heterocycles. The van der Waals surface area contributed by atoms with E-state index in [0.29, 0.717) is 56.0 Å². The van der Waals surface area contributed by atoms with Gasteiger partial charge in [-0.2, -0.15) is 0 Å². The number of β-lactam (4-membered cyclic amide) rings is 1. The minimum Gasteiger partial charge on any atom is -0.490 e. The van der Waals surface area contributed by atoms with Crippen LogP contribution in [0.5, 0.6) is 5.75 Å². The maximum absolute atomic E-state index is 14.3. The number of rotatable bonds is 20. The lowest BCUT2D eigenvalue weighted by Crippen LogP contribution is -2.63. The summed E-state index contributed by atoms with van der Waals surface area (Å²) in [6.07, 6.45) is 0.295. The van der Waals surface area contributed by atoms with Crippen LogP contribution in [0.25, 0.3) is 0 Å². The summed E-state index contributed by atoms with van der Waals surface area (Å²) in [5.74, 6) is -0.292. The Morgan fingerprint density at radius 3 is 2.23 bits per heavy atom. The highest BCUT2D eigenvalue weighted by molar-refractivity contribution is 7.14. The number of fused-ring (bicyclic) bond motifs is 1. The Labute approximate surface area is 411 Å². The smallest absolute Gasteiger partial charge is 0.410 e. The molecule has 5 N–H and O–H groups in total. The van der Waals surface area contributed by atoms with Gasteiger partial charge >= 0.3 is 12.2 Å². The molecule has 5 aromatic rings. The number of thiazole rings is 1. The molecule has 3 amide bonds. The van der Waals surface area contributed by atoms with Crippen molar-refractivity contribution in [3.05, 3.63) is 148 Å². The maximum atomic E-state index is 14.3. The van der Waals surface area contributed by atoms with Crippen molar-refractivity contribution in [2.75, 3.05) is 57.9 Å². The number of ketones is 1. The predicted octanol–water partition coefficient (Wildman–Crippen LogP) is 6.46. The first-order valence-electron chi connectivity index (χ1n) is 23.5. The van der Waals surface area contributed by atoms with Gasteiger partial charge in [0.15, 0.2) is 29.2 Å². The van der Waals surface area contributed by atoms with Crippen LogP contribution in [0, 0.1) is 5.92 Å². The van der Waals surface area contributed by atoms with Crippen LogP contribution in [0.3, 0.4) is 0 Å². The molecule has 17 nitrogen and oxygen atoms in total. The van der Waals surface area contributed by atoms with E-state index in [9.17, 15) is 19.2 Å². The molecule has 4 aromatic carbocycles. The molecule has 2 saturated heterocycles. The summed E-state index contributed by atoms with van der Waals surface area (Å²) in [5, 5.41) is 16.0. The third-order valence-electron chi connectivity index (χ3n) is 12.1. The first kappa shape index (κ1) is 49.0. The Kier molecular flexibility index (Phi) is 15.6. The number of alkyl carbamates (subject to hydrolysis) is 1. The number of aromatic nitrogens is 1. The van der Waals surface area contributed by atoms with E-state index in [1.165, 1.54) is 16.2 Å². The molecular formula is C52H59N9O8S. The highest BCUT2D eigenvalue weighted by Gasteiger charge is 2.44. The Morgan fingerprint density at radius 1 is 0.914 bits per heavy atom. The first-order chi connectivity index (χ1) is 33.9. The summed E-state index contributed by atoms with van der Waals surface area (Å²) in [7, 11) is 0. The number of carbonyl (C=O) groups is 4. The minimum absolute atomic E-state index is 0.0138. The Bertz CT molecular complexity index is 2580. The number of nitrogens with zero attached hydrogens (tertiary/aromatic N) is 5. The van der Waals surface area contributed by atoms with E-state index in [4.69, 9.17) is 29.8 Å². The first-order valence-corrected chi connectivity index (χ1v) is 24.4. The summed E-state index contributed by atoms with van der Waals surface area (Å²) in [4.78, 5) is 70.2. The number of ether oxygens (including phenoxy) is 3. The third-order valence-corrected chi connectivity index (χ3v) is 12.9. The number of Topliss-reactive ketones (excluding diaryl/α,β-unsaturated/α-hetero) is 1. The molecule has 0 spiro atoms. The van der Waals surface area contributed by atoms with Gasteiger partial charge in [-0.3, -0.25) is 14.6 Å². The summed E-state index contributed by atoms with van der Waals surface area (Å²) in [6, 6.07) is 35.8. The molecule has 8 rings (SSSR count). The largest absolute Gasteiger partial charge is 0.490 e. The molecular weight excluding hydrogens is 911 g/mol. The summed E-state index contributed by atoms with van der Waals surface area (Å²) in [6.45, 7) is 8.71. The van der Waals surface area contributed by atoms with Gasteiger partial charge in [-0.15, -0.1) is 11.3 Å². The van der Waals surface area contributed by atoms with Crippen molar-refractivity contribution >= 4 is 52.0 Å². The van der Waals surface area contributed by atoms with Crippen LogP contribution in [-0.2, 0) is 42.4 Å². The van der Waals surface area contributed by atoms with Gasteiger partial charge in [0, 0.05) is 44.5 Å². The number of hydrogen-bond acceptors (Lipinski definition) is 13. The van der Waals surface area contributed by atoms with E-state index < -0.39 is 41.1 Å². The monoisotopic (exact) mass is 969 g/mol. The van der Waals surface area contributed by atoms with Crippen LogP contribution in [0.15, 0.2) is 125 Å². The topological polar surface area (TPSA) is 211 Å². The molecule has 0 saturated carbocycles. The summed E-state index contributed by atoms with van der Waals surface area (Å²) >= 11 is 1.32. The van der Waals surface area contributed by atoms with Crippen LogP contribution in [0.2, 0.25) is 0 Å². The van der Waals surface area contributed by atoms with E-state index >= 15 is 0 Å². The fourth-order valence-corrected chi connectivity index (χ4v) is 9.38. The van der Waals surface area contributed by atoms with Crippen LogP contribution in [0.4, 0.5) is 14.7 Å². The van der Waals surface area contributed by atoms with Crippen molar-refractivity contribution in [3.63, 3.8) is 0 Å². The molecule has 3 aliphatic heterocycles. The normalized spacial score (nSPS) is 17.2. The second-order valence-corrected chi connectivity index (χ2v) is 19.0. The standard InChI is InChI=1S/C52H59N9O8S/c1-51(2,3)69-49(64)55-24-13-23-54-47(53)60-25-22-35-30-40(21-20-36(35)32-60)66-28-29-68-59-45(44(62)31-41-42(56-46(41)63)33-61-26-27-67-50(61)65)43-34-70-48(57-43)58-52(37-14-7-4-8-15-37,38-16-9-5-10-17-38)39-18-11-6-12-19-39/h4-12,14-21,30,34,41-42H,13,22-29,31-33H2,1-3H3,(H2,53,54)(H,55,64)(H,56,63)(H,57,58)/b59-45-/t41-,42+/m0/s1. The molecule has 2 fully saturated rings. The van der Waals surface area contributed by atoms with E-state index in [1.807, 2.05) is 98.5 Å². The lowest BCUT2D eigenvalue weighted by Gasteiger charge is -2.38. The van der Waals surface area contributed by atoms with Crippen molar-refractivity contribution in [1.29, 1.82) is 0 Å². The van der Waals surface area contributed by atoms with Crippen molar-refractivity contribution < 1.29 is 38.2 Å². The van der Waals surface area contributed by atoms with Crippen LogP contribution < -0.4 is 26.4 Å². The number of carbonyl (C=O) groups excluding carboxylic acids is 4. The molecule has 0 unspecified atom stereocenters. The number of hydrogen-bond donors (Lipinski definition) is 4. The molecule has 70 heavy (non-hydrogen) atoms. The lowest BCUT2D eigenvalue weighted by molar-refractivity contribution is -0.138. The van der Waals surface area contributed by atoms with Gasteiger partial charge in [0.2, 0.25) is 5.91 Å². The second kappa shape index (κ2) is 22.3. The van der Waals surface area contributed by atoms with Gasteiger partial charge in [-0.05, 0) is 73.6 Å². The summed E-state index contributed by atoms with van der Waals surface area (Å²) in [5.41, 5.74) is 10.4.